The Morgan fingerprint density at radius 2 is 1.82 bits per heavy atom. The number of H-pyrrole nitrogens is 1. The molecule has 0 bridgehead atoms. The molecule has 5 nitrogen and oxygen atoms in total. The van der Waals surface area contributed by atoms with Crippen molar-refractivity contribution in [3.63, 3.8) is 0 Å². The minimum Gasteiger partial charge on any atom is -0.373 e. The lowest BCUT2D eigenvalue weighted by Crippen LogP contribution is -2.37. The predicted octanol–water partition coefficient (Wildman–Crippen LogP) is 3.91. The van der Waals surface area contributed by atoms with E-state index in [4.69, 9.17) is 4.74 Å². The van der Waals surface area contributed by atoms with E-state index < -0.39 is 23.2 Å². The Hall–Kier alpha value is -2.58. The molecule has 1 aliphatic rings. The first kappa shape index (κ1) is 18.8. The quantitative estimate of drug-likeness (QED) is 0.646. The van der Waals surface area contributed by atoms with Gasteiger partial charge in [0.25, 0.3) is 11.5 Å². The molecule has 1 N–H and O–H groups in total. The number of ether oxygens (including phenoxy) is 1. The summed E-state index contributed by atoms with van der Waals surface area (Å²) < 4.78 is 34.0. The van der Waals surface area contributed by atoms with Crippen LogP contribution in [0.1, 0.15) is 27.7 Å². The molecule has 144 valence electrons. The van der Waals surface area contributed by atoms with E-state index in [0.717, 1.165) is 16.6 Å². The van der Waals surface area contributed by atoms with Crippen LogP contribution in [0.25, 0.3) is 10.8 Å². The Labute approximate surface area is 167 Å². The molecule has 0 saturated carbocycles. The molecule has 0 aliphatic carbocycles. The van der Waals surface area contributed by atoms with Crippen LogP contribution in [0.4, 0.5) is 8.78 Å². The molecule has 1 atom stereocenters. The Morgan fingerprint density at radius 1 is 1.18 bits per heavy atom. The van der Waals surface area contributed by atoms with E-state index in [1.54, 1.807) is 31.3 Å². The number of aromatic nitrogens is 1. The van der Waals surface area contributed by atoms with Gasteiger partial charge in [-0.25, -0.2) is 8.78 Å². The van der Waals surface area contributed by atoms with Gasteiger partial charge in [-0.1, -0.05) is 15.9 Å². The number of nitrogens with one attached hydrogen (secondary N) is 1. The number of hydrogen-bond donors (Lipinski definition) is 1. The van der Waals surface area contributed by atoms with Crippen molar-refractivity contribution in [1.82, 2.24) is 9.88 Å². The van der Waals surface area contributed by atoms with E-state index in [2.05, 4.69) is 20.9 Å². The molecule has 0 fully saturated rings. The van der Waals surface area contributed by atoms with Crippen molar-refractivity contribution >= 4 is 32.6 Å². The lowest BCUT2D eigenvalue weighted by molar-refractivity contribution is 0.0335. The molecule has 1 aliphatic heterocycles. The van der Waals surface area contributed by atoms with Crippen LogP contribution in [0.15, 0.2) is 45.7 Å². The molecule has 3 aromatic rings. The Morgan fingerprint density at radius 3 is 2.50 bits per heavy atom. The predicted molar refractivity (Wildman–Crippen MR) is 103 cm³/mol. The lowest BCUT2D eigenvalue weighted by Gasteiger charge is -2.34. The zero-order chi connectivity index (χ0) is 20.0. The van der Waals surface area contributed by atoms with Crippen molar-refractivity contribution in [3.05, 3.63) is 79.7 Å². The van der Waals surface area contributed by atoms with Crippen LogP contribution in [0.3, 0.4) is 0 Å². The number of aromatic amines is 1. The second-order valence-corrected chi connectivity index (χ2v) is 7.53. The van der Waals surface area contributed by atoms with Crippen molar-refractivity contribution < 1.29 is 18.3 Å². The van der Waals surface area contributed by atoms with Crippen LogP contribution in [-0.4, -0.2) is 29.4 Å². The maximum atomic E-state index is 13.9. The van der Waals surface area contributed by atoms with Gasteiger partial charge in [-0.05, 0) is 41.8 Å². The second kappa shape index (κ2) is 7.10. The first-order valence-electron chi connectivity index (χ1n) is 8.51. The Balaban J connectivity index is 1.84. The molecule has 0 saturated heterocycles. The van der Waals surface area contributed by atoms with Crippen LogP contribution < -0.4 is 5.56 Å². The van der Waals surface area contributed by atoms with Gasteiger partial charge >= 0.3 is 0 Å². The third kappa shape index (κ3) is 3.12. The standard InChI is InChI=1S/C20H15BrF2N2O3/c1-25(20(27)10-2-4-11(21)5-3-10)17-9-28-8-16-18(17)12-6-14(22)15(23)7-13(12)19(26)24-16/h2-7,17H,8-9H2,1H3,(H,24,26)/t17-/m1/s1. The Kier molecular flexibility index (Phi) is 4.76. The van der Waals surface area contributed by atoms with E-state index >= 15 is 0 Å². The van der Waals surface area contributed by atoms with Crippen molar-refractivity contribution in [2.24, 2.45) is 0 Å². The van der Waals surface area contributed by atoms with Crippen LogP contribution >= 0.6 is 15.9 Å². The van der Waals surface area contributed by atoms with Crippen LogP contribution in [-0.2, 0) is 11.3 Å². The van der Waals surface area contributed by atoms with Gasteiger partial charge in [0, 0.05) is 28.3 Å². The van der Waals surface area contributed by atoms with Gasteiger partial charge in [0.15, 0.2) is 11.6 Å². The van der Waals surface area contributed by atoms with Crippen LogP contribution in [0, 0.1) is 11.6 Å². The second-order valence-electron chi connectivity index (χ2n) is 6.61. The molecule has 4 rings (SSSR count). The van der Waals surface area contributed by atoms with E-state index in [9.17, 15) is 18.4 Å². The maximum Gasteiger partial charge on any atom is 0.256 e. The number of halogens is 3. The SMILES string of the molecule is CN(C(=O)c1ccc(Br)cc1)[C@@H]1COCc2[nH]c(=O)c3cc(F)c(F)cc3c21. The molecule has 0 radical (unpaired) electrons. The molecule has 1 aromatic heterocycles. The number of nitrogens with zero attached hydrogens (tertiary/aromatic N) is 1. The van der Waals surface area contributed by atoms with Gasteiger partial charge in [0.1, 0.15) is 0 Å². The monoisotopic (exact) mass is 448 g/mol. The fraction of sp³-hybridized carbons (Fsp3) is 0.200. The average molecular weight is 449 g/mol. The zero-order valence-corrected chi connectivity index (χ0v) is 16.3. The number of hydrogen-bond acceptors (Lipinski definition) is 3. The van der Waals surface area contributed by atoms with Crippen molar-refractivity contribution in [3.8, 4) is 0 Å². The molecule has 0 unspecified atom stereocenters. The van der Waals surface area contributed by atoms with E-state index in [-0.39, 0.29) is 29.9 Å². The highest BCUT2D eigenvalue weighted by Gasteiger charge is 2.31. The van der Waals surface area contributed by atoms with Gasteiger partial charge in [0.05, 0.1) is 24.6 Å². The normalized spacial score (nSPS) is 16.1. The third-order valence-electron chi connectivity index (χ3n) is 4.92. The molecule has 28 heavy (non-hydrogen) atoms. The summed E-state index contributed by atoms with van der Waals surface area (Å²) in [6.45, 7) is 0.294. The highest BCUT2D eigenvalue weighted by atomic mass is 79.9. The van der Waals surface area contributed by atoms with Gasteiger partial charge in [-0.2, -0.15) is 0 Å². The number of fused-ring (bicyclic) bond motifs is 3. The molecular weight excluding hydrogens is 434 g/mol. The molecule has 0 spiro atoms. The lowest BCUT2D eigenvalue weighted by atomic mass is 9.95. The molecule has 2 heterocycles. The third-order valence-corrected chi connectivity index (χ3v) is 5.45. The fourth-order valence-corrected chi connectivity index (χ4v) is 3.75. The summed E-state index contributed by atoms with van der Waals surface area (Å²) in [6.07, 6.45) is 0. The highest BCUT2D eigenvalue weighted by molar-refractivity contribution is 9.10. The highest BCUT2D eigenvalue weighted by Crippen LogP contribution is 2.34. The minimum absolute atomic E-state index is 0.0361. The van der Waals surface area contributed by atoms with Crippen molar-refractivity contribution in [2.45, 2.75) is 12.6 Å². The van der Waals surface area contributed by atoms with Gasteiger partial charge < -0.3 is 14.6 Å². The number of benzene rings is 2. The summed E-state index contributed by atoms with van der Waals surface area (Å²) in [4.78, 5) is 29.4. The van der Waals surface area contributed by atoms with Gasteiger partial charge in [-0.15, -0.1) is 0 Å². The summed E-state index contributed by atoms with van der Waals surface area (Å²) in [7, 11) is 1.62. The fourth-order valence-electron chi connectivity index (χ4n) is 3.49. The molecular formula is C20H15BrF2N2O3. The molecule has 8 heteroatoms. The molecule has 2 aromatic carbocycles. The number of rotatable bonds is 2. The van der Waals surface area contributed by atoms with E-state index in [0.29, 0.717) is 16.8 Å². The topological polar surface area (TPSA) is 62.4 Å². The van der Waals surface area contributed by atoms with Crippen LogP contribution in [0.2, 0.25) is 0 Å². The largest absolute Gasteiger partial charge is 0.373 e. The smallest absolute Gasteiger partial charge is 0.256 e. The molecule has 1 amide bonds. The average Bonchev–Trinajstić information content (AvgIpc) is 2.68. The first-order valence-corrected chi connectivity index (χ1v) is 9.30. The number of pyridine rings is 1. The van der Waals surface area contributed by atoms with E-state index in [1.165, 1.54) is 4.90 Å². The number of likely N-dealkylation sites (N-methyl/N-ethyl adjacent to an activating group) is 1. The summed E-state index contributed by atoms with van der Waals surface area (Å²) >= 11 is 3.33. The maximum absolute atomic E-state index is 13.9. The summed E-state index contributed by atoms with van der Waals surface area (Å²) in [5.41, 5.74) is 0.963. The van der Waals surface area contributed by atoms with Gasteiger partial charge in [0.2, 0.25) is 0 Å². The summed E-state index contributed by atoms with van der Waals surface area (Å²) in [6, 6.07) is 8.22. The summed E-state index contributed by atoms with van der Waals surface area (Å²) in [5, 5.41) is 0.315. The number of carbonyl (C=O) groups is 1. The Bertz CT molecular complexity index is 1140. The summed E-state index contributed by atoms with van der Waals surface area (Å²) in [5.74, 6) is -2.40. The van der Waals surface area contributed by atoms with E-state index in [1.807, 2.05) is 0 Å². The van der Waals surface area contributed by atoms with Crippen LogP contribution in [0.5, 0.6) is 0 Å². The minimum atomic E-state index is -1.10. The van der Waals surface area contributed by atoms with Gasteiger partial charge in [-0.3, -0.25) is 9.59 Å². The number of carbonyl (C=O) groups excluding carboxylic acids is 1. The first-order chi connectivity index (χ1) is 13.4. The van der Waals surface area contributed by atoms with Crippen molar-refractivity contribution in [1.29, 1.82) is 0 Å². The van der Waals surface area contributed by atoms with Crippen molar-refractivity contribution in [2.75, 3.05) is 13.7 Å². The zero-order valence-electron chi connectivity index (χ0n) is 14.8. The number of amides is 1.